The lowest BCUT2D eigenvalue weighted by molar-refractivity contribution is -0.149. The van der Waals surface area contributed by atoms with E-state index in [0.29, 0.717) is 37.1 Å². The summed E-state index contributed by atoms with van der Waals surface area (Å²) < 4.78 is 18.3. The van der Waals surface area contributed by atoms with Crippen molar-refractivity contribution >= 4 is 11.9 Å². The predicted molar refractivity (Wildman–Crippen MR) is 79.3 cm³/mol. The number of piperidine rings is 1. The van der Waals surface area contributed by atoms with Crippen molar-refractivity contribution < 1.29 is 28.9 Å². The lowest BCUT2D eigenvalue weighted by Crippen LogP contribution is -2.43. The summed E-state index contributed by atoms with van der Waals surface area (Å²) in [7, 11) is 0. The van der Waals surface area contributed by atoms with E-state index in [0.717, 1.165) is 0 Å². The number of aliphatic hydroxyl groups is 1. The Kier molecular flexibility index (Phi) is 5.68. The molecule has 1 aromatic carbocycles. The summed E-state index contributed by atoms with van der Waals surface area (Å²) in [5.74, 6) is -1.87. The first kappa shape index (κ1) is 17.4. The maximum absolute atomic E-state index is 13.1. The molecule has 0 aliphatic carbocycles. The van der Waals surface area contributed by atoms with Gasteiger partial charge in [-0.05, 0) is 43.0 Å². The SMILES string of the molecule is Cc1cc(F)ccc1C(O)C(=O)N1CCC(OCC(=O)O)CC1. The molecule has 6 nitrogen and oxygen atoms in total. The number of halogens is 1. The number of likely N-dealkylation sites (tertiary alicyclic amines) is 1. The zero-order valence-electron chi connectivity index (χ0n) is 12.9. The van der Waals surface area contributed by atoms with E-state index in [4.69, 9.17) is 9.84 Å². The van der Waals surface area contributed by atoms with Crippen molar-refractivity contribution in [3.05, 3.63) is 35.1 Å². The fourth-order valence-electron chi connectivity index (χ4n) is 2.68. The maximum Gasteiger partial charge on any atom is 0.329 e. The van der Waals surface area contributed by atoms with Gasteiger partial charge in [-0.3, -0.25) is 4.79 Å². The molecule has 1 amide bonds. The highest BCUT2D eigenvalue weighted by Gasteiger charge is 2.29. The average Bonchev–Trinajstić information content (AvgIpc) is 2.52. The Hall–Kier alpha value is -1.99. The number of ether oxygens (including phenoxy) is 1. The number of amides is 1. The second kappa shape index (κ2) is 7.52. The van der Waals surface area contributed by atoms with E-state index in [2.05, 4.69) is 0 Å². The summed E-state index contributed by atoms with van der Waals surface area (Å²) in [5, 5.41) is 18.8. The van der Waals surface area contributed by atoms with Gasteiger partial charge in [-0.1, -0.05) is 6.07 Å². The summed E-state index contributed by atoms with van der Waals surface area (Å²) >= 11 is 0. The maximum atomic E-state index is 13.1. The molecule has 0 aromatic heterocycles. The molecule has 0 bridgehead atoms. The lowest BCUT2D eigenvalue weighted by atomic mass is 10.0. The normalized spacial score (nSPS) is 17.1. The van der Waals surface area contributed by atoms with Crippen LogP contribution < -0.4 is 0 Å². The molecule has 0 saturated carbocycles. The van der Waals surface area contributed by atoms with E-state index >= 15 is 0 Å². The number of aliphatic carboxylic acids is 1. The number of aliphatic hydroxyl groups excluding tert-OH is 1. The third kappa shape index (κ3) is 4.49. The molecule has 2 N–H and O–H groups in total. The van der Waals surface area contributed by atoms with Gasteiger partial charge < -0.3 is 19.8 Å². The van der Waals surface area contributed by atoms with Crippen LogP contribution in [0, 0.1) is 12.7 Å². The van der Waals surface area contributed by atoms with Crippen LogP contribution in [0.2, 0.25) is 0 Å². The summed E-state index contributed by atoms with van der Waals surface area (Å²) in [6, 6.07) is 3.90. The largest absolute Gasteiger partial charge is 0.480 e. The topological polar surface area (TPSA) is 87.1 Å². The van der Waals surface area contributed by atoms with Gasteiger partial charge in [0, 0.05) is 13.1 Å². The Bertz CT molecular complexity index is 584. The van der Waals surface area contributed by atoms with Crippen molar-refractivity contribution in [3.8, 4) is 0 Å². The van der Waals surface area contributed by atoms with E-state index in [1.165, 1.54) is 23.1 Å². The van der Waals surface area contributed by atoms with Gasteiger partial charge in [-0.2, -0.15) is 0 Å². The zero-order valence-corrected chi connectivity index (χ0v) is 12.9. The third-order valence-electron chi connectivity index (χ3n) is 3.96. The number of carbonyl (C=O) groups is 2. The molecule has 23 heavy (non-hydrogen) atoms. The van der Waals surface area contributed by atoms with Gasteiger partial charge in [-0.15, -0.1) is 0 Å². The first-order valence-electron chi connectivity index (χ1n) is 7.44. The van der Waals surface area contributed by atoms with Gasteiger partial charge in [-0.25, -0.2) is 9.18 Å². The molecule has 7 heteroatoms. The van der Waals surface area contributed by atoms with Crippen LogP contribution in [0.5, 0.6) is 0 Å². The highest BCUT2D eigenvalue weighted by Crippen LogP contribution is 2.23. The Morgan fingerprint density at radius 2 is 2.04 bits per heavy atom. The number of hydrogen-bond acceptors (Lipinski definition) is 4. The van der Waals surface area contributed by atoms with Gasteiger partial charge >= 0.3 is 5.97 Å². The van der Waals surface area contributed by atoms with Gasteiger partial charge in [0.05, 0.1) is 6.10 Å². The Morgan fingerprint density at radius 1 is 1.39 bits per heavy atom. The molecule has 1 fully saturated rings. The molecule has 2 rings (SSSR count). The monoisotopic (exact) mass is 325 g/mol. The zero-order chi connectivity index (χ0) is 17.0. The van der Waals surface area contributed by atoms with E-state index in [1.807, 2.05) is 0 Å². The highest BCUT2D eigenvalue weighted by atomic mass is 19.1. The summed E-state index contributed by atoms with van der Waals surface area (Å²) in [5.41, 5.74) is 0.908. The Labute approximate surface area is 133 Å². The first-order valence-corrected chi connectivity index (χ1v) is 7.44. The van der Waals surface area contributed by atoms with Crippen LogP contribution in [-0.2, 0) is 14.3 Å². The highest BCUT2D eigenvalue weighted by molar-refractivity contribution is 5.82. The molecular weight excluding hydrogens is 305 g/mol. The van der Waals surface area contributed by atoms with Gasteiger partial charge in [0.2, 0.25) is 0 Å². The molecule has 1 heterocycles. The van der Waals surface area contributed by atoms with Gasteiger partial charge in [0.25, 0.3) is 5.91 Å². The lowest BCUT2D eigenvalue weighted by Gasteiger charge is -2.33. The molecular formula is C16H20FNO5. The molecule has 1 aliphatic rings. The number of hydrogen-bond donors (Lipinski definition) is 2. The number of carbonyl (C=O) groups excluding carboxylic acids is 1. The number of nitrogens with zero attached hydrogens (tertiary/aromatic N) is 1. The Morgan fingerprint density at radius 3 is 2.61 bits per heavy atom. The van der Waals surface area contributed by atoms with Crippen molar-refractivity contribution in [1.82, 2.24) is 4.90 Å². The second-order valence-corrected chi connectivity index (χ2v) is 5.63. The first-order chi connectivity index (χ1) is 10.9. The van der Waals surface area contributed by atoms with Gasteiger partial charge in [0.1, 0.15) is 12.4 Å². The average molecular weight is 325 g/mol. The Balaban J connectivity index is 1.92. The molecule has 1 aliphatic heterocycles. The van der Waals surface area contributed by atoms with Crippen molar-refractivity contribution in [2.24, 2.45) is 0 Å². The van der Waals surface area contributed by atoms with Crippen LogP contribution in [0.25, 0.3) is 0 Å². The number of aryl methyl sites for hydroxylation is 1. The minimum Gasteiger partial charge on any atom is -0.480 e. The summed E-state index contributed by atoms with van der Waals surface area (Å²) in [4.78, 5) is 24.3. The van der Waals surface area contributed by atoms with E-state index in [9.17, 15) is 19.1 Å². The van der Waals surface area contributed by atoms with Crippen LogP contribution in [0.1, 0.15) is 30.1 Å². The van der Waals surface area contributed by atoms with Crippen LogP contribution in [0.15, 0.2) is 18.2 Å². The molecule has 0 radical (unpaired) electrons. The second-order valence-electron chi connectivity index (χ2n) is 5.63. The van der Waals surface area contributed by atoms with Gasteiger partial charge in [0.15, 0.2) is 6.10 Å². The number of carboxylic acid groups (broad SMARTS) is 1. The van der Waals surface area contributed by atoms with Crippen LogP contribution >= 0.6 is 0 Å². The smallest absolute Gasteiger partial charge is 0.329 e. The summed E-state index contributed by atoms with van der Waals surface area (Å²) in [6.07, 6.45) is -0.477. The number of carboxylic acids is 1. The van der Waals surface area contributed by atoms with Crippen molar-refractivity contribution in [1.29, 1.82) is 0 Å². The van der Waals surface area contributed by atoms with E-state index in [-0.39, 0.29) is 12.7 Å². The predicted octanol–water partition coefficient (Wildman–Crippen LogP) is 1.26. The van der Waals surface area contributed by atoms with Crippen LogP contribution in [0.4, 0.5) is 4.39 Å². The number of benzene rings is 1. The minimum absolute atomic E-state index is 0.195. The minimum atomic E-state index is -1.33. The van der Waals surface area contributed by atoms with Crippen molar-refractivity contribution in [2.45, 2.75) is 32.0 Å². The molecule has 1 unspecified atom stereocenters. The van der Waals surface area contributed by atoms with E-state index in [1.54, 1.807) is 6.92 Å². The molecule has 0 spiro atoms. The molecule has 1 aromatic rings. The van der Waals surface area contributed by atoms with Crippen LogP contribution in [0.3, 0.4) is 0 Å². The number of rotatable bonds is 5. The van der Waals surface area contributed by atoms with Crippen molar-refractivity contribution in [2.75, 3.05) is 19.7 Å². The summed E-state index contributed by atoms with van der Waals surface area (Å²) in [6.45, 7) is 2.07. The molecule has 1 saturated heterocycles. The van der Waals surface area contributed by atoms with Crippen LogP contribution in [-0.4, -0.2) is 52.8 Å². The third-order valence-corrected chi connectivity index (χ3v) is 3.96. The fourth-order valence-corrected chi connectivity index (χ4v) is 2.68. The van der Waals surface area contributed by atoms with Crippen molar-refractivity contribution in [3.63, 3.8) is 0 Å². The van der Waals surface area contributed by atoms with E-state index < -0.39 is 23.8 Å². The fraction of sp³-hybridized carbons (Fsp3) is 0.500. The standard InChI is InChI=1S/C16H20FNO5/c1-10-8-11(17)2-3-13(10)15(21)16(22)18-6-4-12(5-7-18)23-9-14(19)20/h2-3,8,12,15,21H,4-7,9H2,1H3,(H,19,20). The molecule has 1 atom stereocenters. The molecule has 126 valence electrons. The quantitative estimate of drug-likeness (QED) is 0.851.